The Bertz CT molecular complexity index is 981. The lowest BCUT2D eigenvalue weighted by Gasteiger charge is -2.07. The second-order valence-electron chi connectivity index (χ2n) is 4.79. The van der Waals surface area contributed by atoms with Crippen LogP contribution in [0, 0.1) is 10.1 Å². The average molecular weight is 332 g/mol. The van der Waals surface area contributed by atoms with Gasteiger partial charge in [-0.15, -0.1) is 0 Å². The molecule has 0 aliphatic heterocycles. The second kappa shape index (κ2) is 5.78. The average Bonchev–Trinajstić information content (AvgIpc) is 3.02. The number of fused-ring (bicyclic) bond motifs is 1. The molecule has 2 aromatic heterocycles. The molecule has 8 nitrogen and oxygen atoms in total. The lowest BCUT2D eigenvalue weighted by atomic mass is 10.2. The van der Waals surface area contributed by atoms with Gasteiger partial charge in [-0.3, -0.25) is 10.1 Å². The molecule has 118 valence electrons. The fraction of sp³-hybridized carbons (Fsp3) is 0.0714. The van der Waals surface area contributed by atoms with Crippen molar-refractivity contribution in [1.82, 2.24) is 14.7 Å². The highest BCUT2D eigenvalue weighted by Gasteiger charge is 2.17. The van der Waals surface area contributed by atoms with E-state index in [1.54, 1.807) is 24.5 Å². The van der Waals surface area contributed by atoms with Gasteiger partial charge in [-0.2, -0.15) is 0 Å². The number of nitro groups is 1. The number of benzene rings is 1. The van der Waals surface area contributed by atoms with Crippen molar-refractivity contribution < 1.29 is 13.3 Å². The van der Waals surface area contributed by atoms with E-state index in [0.29, 0.717) is 5.65 Å². The van der Waals surface area contributed by atoms with Gasteiger partial charge in [0.2, 0.25) is 10.0 Å². The third-order valence-electron chi connectivity index (χ3n) is 3.34. The van der Waals surface area contributed by atoms with E-state index in [1.807, 2.05) is 0 Å². The molecule has 1 aromatic carbocycles. The SMILES string of the molecule is O=[N+]([O-])c1cccc(S(=O)(=O)NCc2ccnc3[nH]ccc23)c1. The Labute approximate surface area is 131 Å². The van der Waals surface area contributed by atoms with E-state index in [4.69, 9.17) is 0 Å². The Morgan fingerprint density at radius 2 is 2.09 bits per heavy atom. The van der Waals surface area contributed by atoms with Gasteiger partial charge in [0.15, 0.2) is 0 Å². The Balaban J connectivity index is 1.86. The van der Waals surface area contributed by atoms with Gasteiger partial charge in [0.05, 0.1) is 9.82 Å². The summed E-state index contributed by atoms with van der Waals surface area (Å²) in [4.78, 5) is 17.0. The summed E-state index contributed by atoms with van der Waals surface area (Å²) in [5.74, 6) is 0. The monoisotopic (exact) mass is 332 g/mol. The number of nitrogens with zero attached hydrogens (tertiary/aromatic N) is 2. The molecule has 0 spiro atoms. The molecule has 0 aliphatic carbocycles. The van der Waals surface area contributed by atoms with Gasteiger partial charge in [0, 0.05) is 36.5 Å². The lowest BCUT2D eigenvalue weighted by molar-refractivity contribution is -0.385. The molecule has 2 heterocycles. The van der Waals surface area contributed by atoms with Crippen LogP contribution in [0.25, 0.3) is 11.0 Å². The van der Waals surface area contributed by atoms with Crippen molar-refractivity contribution in [2.24, 2.45) is 0 Å². The number of hydrogen-bond donors (Lipinski definition) is 2. The number of pyridine rings is 1. The fourth-order valence-electron chi connectivity index (χ4n) is 2.19. The number of nitrogens with one attached hydrogen (secondary N) is 2. The number of H-pyrrole nitrogens is 1. The van der Waals surface area contributed by atoms with Crippen LogP contribution in [0.3, 0.4) is 0 Å². The summed E-state index contributed by atoms with van der Waals surface area (Å²) in [6.07, 6.45) is 3.30. The third-order valence-corrected chi connectivity index (χ3v) is 4.74. The van der Waals surface area contributed by atoms with E-state index in [9.17, 15) is 18.5 Å². The van der Waals surface area contributed by atoms with E-state index in [2.05, 4.69) is 14.7 Å². The maximum absolute atomic E-state index is 12.3. The number of hydrogen-bond acceptors (Lipinski definition) is 5. The van der Waals surface area contributed by atoms with E-state index in [-0.39, 0.29) is 17.1 Å². The lowest BCUT2D eigenvalue weighted by Crippen LogP contribution is -2.23. The number of aromatic nitrogens is 2. The van der Waals surface area contributed by atoms with E-state index >= 15 is 0 Å². The van der Waals surface area contributed by atoms with Crippen LogP contribution in [0.4, 0.5) is 5.69 Å². The predicted molar refractivity (Wildman–Crippen MR) is 83.2 cm³/mol. The third kappa shape index (κ3) is 3.05. The number of nitro benzene ring substituents is 1. The maximum atomic E-state index is 12.3. The first-order chi connectivity index (χ1) is 11.0. The minimum Gasteiger partial charge on any atom is -0.346 e. The summed E-state index contributed by atoms with van der Waals surface area (Å²) < 4.78 is 27.0. The number of aromatic amines is 1. The van der Waals surface area contributed by atoms with Gasteiger partial charge in [-0.25, -0.2) is 18.1 Å². The van der Waals surface area contributed by atoms with Gasteiger partial charge < -0.3 is 4.98 Å². The summed E-state index contributed by atoms with van der Waals surface area (Å²) in [6.45, 7) is 0.0574. The second-order valence-corrected chi connectivity index (χ2v) is 6.56. The first-order valence-electron chi connectivity index (χ1n) is 6.62. The van der Waals surface area contributed by atoms with Crippen LogP contribution in [0.1, 0.15) is 5.56 Å². The van der Waals surface area contributed by atoms with Crippen LogP contribution >= 0.6 is 0 Å². The molecule has 0 bridgehead atoms. The molecule has 0 radical (unpaired) electrons. The van der Waals surface area contributed by atoms with Crippen molar-refractivity contribution in [3.63, 3.8) is 0 Å². The van der Waals surface area contributed by atoms with E-state index in [0.717, 1.165) is 17.0 Å². The fourth-order valence-corrected chi connectivity index (χ4v) is 3.24. The molecule has 0 fully saturated rings. The van der Waals surface area contributed by atoms with Crippen molar-refractivity contribution in [3.05, 3.63) is 64.5 Å². The Kier molecular flexibility index (Phi) is 3.80. The van der Waals surface area contributed by atoms with Crippen LogP contribution in [-0.2, 0) is 16.6 Å². The number of sulfonamides is 1. The van der Waals surface area contributed by atoms with Crippen LogP contribution in [0.5, 0.6) is 0 Å². The number of non-ortho nitro benzene ring substituents is 1. The maximum Gasteiger partial charge on any atom is 0.270 e. The van der Waals surface area contributed by atoms with Gasteiger partial charge in [-0.05, 0) is 23.8 Å². The summed E-state index contributed by atoms with van der Waals surface area (Å²) in [5.41, 5.74) is 1.15. The van der Waals surface area contributed by atoms with Crippen LogP contribution in [0.2, 0.25) is 0 Å². The first kappa shape index (κ1) is 15.1. The normalized spacial score (nSPS) is 11.7. The van der Waals surface area contributed by atoms with Gasteiger partial charge in [-0.1, -0.05) is 6.07 Å². The van der Waals surface area contributed by atoms with Crippen LogP contribution < -0.4 is 4.72 Å². The van der Waals surface area contributed by atoms with Crippen molar-refractivity contribution in [2.45, 2.75) is 11.4 Å². The highest BCUT2D eigenvalue weighted by Crippen LogP contribution is 2.19. The smallest absolute Gasteiger partial charge is 0.270 e. The van der Waals surface area contributed by atoms with Gasteiger partial charge in [0.25, 0.3) is 5.69 Å². The molecule has 3 aromatic rings. The molecule has 2 N–H and O–H groups in total. The molecule has 0 aliphatic rings. The zero-order chi connectivity index (χ0) is 16.4. The molecule has 0 saturated carbocycles. The summed E-state index contributed by atoms with van der Waals surface area (Å²) >= 11 is 0. The van der Waals surface area contributed by atoms with Crippen molar-refractivity contribution >= 4 is 26.7 Å². The highest BCUT2D eigenvalue weighted by molar-refractivity contribution is 7.89. The number of rotatable bonds is 5. The van der Waals surface area contributed by atoms with Crippen molar-refractivity contribution in [1.29, 1.82) is 0 Å². The molecule has 0 unspecified atom stereocenters. The molecule has 0 amide bonds. The van der Waals surface area contributed by atoms with Crippen LogP contribution in [0.15, 0.2) is 53.7 Å². The highest BCUT2D eigenvalue weighted by atomic mass is 32.2. The molecule has 23 heavy (non-hydrogen) atoms. The van der Waals surface area contributed by atoms with E-state index < -0.39 is 14.9 Å². The van der Waals surface area contributed by atoms with Crippen LogP contribution in [-0.4, -0.2) is 23.3 Å². The minimum absolute atomic E-state index is 0.0574. The zero-order valence-corrected chi connectivity index (χ0v) is 12.6. The molecular weight excluding hydrogens is 320 g/mol. The summed E-state index contributed by atoms with van der Waals surface area (Å²) in [5, 5.41) is 11.6. The van der Waals surface area contributed by atoms with E-state index in [1.165, 1.54) is 18.2 Å². The standard InChI is InChI=1S/C14H12N4O4S/c19-18(20)11-2-1-3-12(8-11)23(21,22)17-9-10-4-6-15-14-13(10)5-7-16-14/h1-8,17H,9H2,(H,15,16). The molecule has 9 heteroatoms. The first-order valence-corrected chi connectivity index (χ1v) is 8.11. The Morgan fingerprint density at radius 1 is 1.26 bits per heavy atom. The largest absolute Gasteiger partial charge is 0.346 e. The molecular formula is C14H12N4O4S. The topological polar surface area (TPSA) is 118 Å². The van der Waals surface area contributed by atoms with Gasteiger partial charge in [0.1, 0.15) is 5.65 Å². The van der Waals surface area contributed by atoms with Crippen molar-refractivity contribution in [3.8, 4) is 0 Å². The Hall–Kier alpha value is -2.78. The predicted octanol–water partition coefficient (Wildman–Crippen LogP) is 1.95. The van der Waals surface area contributed by atoms with Gasteiger partial charge >= 0.3 is 0 Å². The molecule has 3 rings (SSSR count). The molecule has 0 atom stereocenters. The quantitative estimate of drug-likeness (QED) is 0.547. The summed E-state index contributed by atoms with van der Waals surface area (Å²) in [7, 11) is -3.85. The zero-order valence-electron chi connectivity index (χ0n) is 11.8. The van der Waals surface area contributed by atoms with Crippen molar-refractivity contribution in [2.75, 3.05) is 0 Å². The minimum atomic E-state index is -3.85. The molecule has 0 saturated heterocycles. The summed E-state index contributed by atoms with van der Waals surface area (Å²) in [6, 6.07) is 8.44. The Morgan fingerprint density at radius 3 is 2.87 bits per heavy atom.